The molecule has 1 rings (SSSR count). The van der Waals surface area contributed by atoms with E-state index in [-0.39, 0.29) is 18.4 Å². The second-order valence-corrected chi connectivity index (χ2v) is 3.93. The van der Waals surface area contributed by atoms with Gasteiger partial charge in [0.05, 0.1) is 19.8 Å². The van der Waals surface area contributed by atoms with Crippen molar-refractivity contribution in [1.29, 1.82) is 0 Å². The molecule has 1 aromatic rings. The van der Waals surface area contributed by atoms with Crippen LogP contribution in [0.1, 0.15) is 18.5 Å². The van der Waals surface area contributed by atoms with Gasteiger partial charge in [0.15, 0.2) is 0 Å². The zero-order valence-corrected chi connectivity index (χ0v) is 10.8. The number of aliphatic hydroxyl groups is 1. The van der Waals surface area contributed by atoms with Crippen LogP contribution in [0.4, 0.5) is 8.78 Å². The number of nitrogens with one attached hydrogen (secondary N) is 1. The topological polar surface area (TPSA) is 50.7 Å². The van der Waals surface area contributed by atoms with Gasteiger partial charge in [0, 0.05) is 18.2 Å². The summed E-state index contributed by atoms with van der Waals surface area (Å²) in [5, 5.41) is 11.7. The Labute approximate surface area is 111 Å². The number of halogens is 2. The normalized spacial score (nSPS) is 12.7. The minimum atomic E-state index is -2.83. The zero-order valence-electron chi connectivity index (χ0n) is 10.8. The van der Waals surface area contributed by atoms with Gasteiger partial charge in [-0.1, -0.05) is 18.2 Å². The van der Waals surface area contributed by atoms with E-state index in [0.29, 0.717) is 25.3 Å². The summed E-state index contributed by atoms with van der Waals surface area (Å²) in [6, 6.07) is 6.55. The molecule has 0 aliphatic heterocycles. The molecule has 0 heterocycles. The fourth-order valence-corrected chi connectivity index (χ4v) is 1.67. The Morgan fingerprint density at radius 3 is 2.68 bits per heavy atom. The van der Waals surface area contributed by atoms with E-state index in [9.17, 15) is 8.78 Å². The maximum absolute atomic E-state index is 12.3. The van der Waals surface area contributed by atoms with E-state index in [1.54, 1.807) is 18.2 Å². The maximum atomic E-state index is 12.3. The van der Waals surface area contributed by atoms with E-state index in [1.807, 2.05) is 6.92 Å². The predicted molar refractivity (Wildman–Crippen MR) is 67.4 cm³/mol. The Morgan fingerprint density at radius 2 is 2.00 bits per heavy atom. The highest BCUT2D eigenvalue weighted by Crippen LogP contribution is 2.25. The van der Waals surface area contributed by atoms with Gasteiger partial charge >= 0.3 is 6.61 Å². The maximum Gasteiger partial charge on any atom is 0.387 e. The van der Waals surface area contributed by atoms with E-state index < -0.39 is 6.61 Å². The van der Waals surface area contributed by atoms with E-state index in [2.05, 4.69) is 10.1 Å². The van der Waals surface area contributed by atoms with Crippen molar-refractivity contribution in [2.24, 2.45) is 0 Å². The molecule has 0 aliphatic rings. The molecule has 19 heavy (non-hydrogen) atoms. The lowest BCUT2D eigenvalue weighted by Crippen LogP contribution is -2.24. The average Bonchev–Trinajstić information content (AvgIpc) is 2.38. The Morgan fingerprint density at radius 1 is 1.26 bits per heavy atom. The summed E-state index contributed by atoms with van der Waals surface area (Å²) in [6.45, 7) is 0.315. The third-order valence-corrected chi connectivity index (χ3v) is 2.53. The highest BCUT2D eigenvalue weighted by Gasteiger charge is 2.13. The summed E-state index contributed by atoms with van der Waals surface area (Å²) >= 11 is 0. The van der Waals surface area contributed by atoms with Crippen LogP contribution in [-0.2, 0) is 4.74 Å². The first-order valence-electron chi connectivity index (χ1n) is 6.11. The van der Waals surface area contributed by atoms with Crippen LogP contribution < -0.4 is 10.1 Å². The first-order chi connectivity index (χ1) is 9.15. The fraction of sp³-hybridized carbons (Fsp3) is 0.538. The molecule has 0 spiro atoms. The van der Waals surface area contributed by atoms with Crippen molar-refractivity contribution in [1.82, 2.24) is 5.32 Å². The zero-order chi connectivity index (χ0) is 14.1. The fourth-order valence-electron chi connectivity index (χ4n) is 1.67. The van der Waals surface area contributed by atoms with Gasteiger partial charge in [-0.15, -0.1) is 0 Å². The molecule has 1 unspecified atom stereocenters. The highest BCUT2D eigenvalue weighted by molar-refractivity contribution is 5.35. The molecule has 1 aromatic carbocycles. The van der Waals surface area contributed by atoms with Crippen LogP contribution >= 0.6 is 0 Å². The largest absolute Gasteiger partial charge is 0.434 e. The van der Waals surface area contributed by atoms with Crippen molar-refractivity contribution in [2.75, 3.05) is 26.4 Å². The Kier molecular flexibility index (Phi) is 7.32. The van der Waals surface area contributed by atoms with E-state index in [0.717, 1.165) is 0 Å². The number of hydrogen-bond acceptors (Lipinski definition) is 4. The third kappa shape index (κ3) is 5.96. The number of rotatable bonds is 9. The molecule has 0 saturated carbocycles. The minimum absolute atomic E-state index is 0.0133. The van der Waals surface area contributed by atoms with Crippen LogP contribution in [0.2, 0.25) is 0 Å². The first-order valence-corrected chi connectivity index (χ1v) is 6.11. The molecule has 0 saturated heterocycles. The lowest BCUT2D eigenvalue weighted by Gasteiger charge is -2.18. The number of benzene rings is 1. The summed E-state index contributed by atoms with van der Waals surface area (Å²) in [6.07, 6.45) is 0. The van der Waals surface area contributed by atoms with Gasteiger partial charge in [0.2, 0.25) is 0 Å². The number of alkyl halides is 2. The molecule has 0 bridgehead atoms. The molecule has 4 nitrogen and oxygen atoms in total. The summed E-state index contributed by atoms with van der Waals surface area (Å²) in [5.74, 6) is 0.175. The minimum Gasteiger partial charge on any atom is -0.434 e. The van der Waals surface area contributed by atoms with Gasteiger partial charge in [0.25, 0.3) is 0 Å². The van der Waals surface area contributed by atoms with Gasteiger partial charge in [-0.05, 0) is 13.0 Å². The second-order valence-electron chi connectivity index (χ2n) is 3.93. The monoisotopic (exact) mass is 275 g/mol. The SMILES string of the molecule is CC(NCCOCCO)c1ccccc1OC(F)F. The first kappa shape index (κ1) is 15.8. The Hall–Kier alpha value is -1.24. The standard InChI is InChI=1S/C13H19F2NO3/c1-10(16-6-8-18-9-7-17)11-4-2-3-5-12(11)19-13(14)15/h2-5,10,13,16-17H,6-9H2,1H3. The van der Waals surface area contributed by atoms with Crippen LogP contribution in [0.3, 0.4) is 0 Å². The van der Waals surface area contributed by atoms with Crippen molar-refractivity contribution in [3.8, 4) is 5.75 Å². The van der Waals surface area contributed by atoms with Crippen LogP contribution in [0.25, 0.3) is 0 Å². The summed E-state index contributed by atoms with van der Waals surface area (Å²) < 4.78 is 34.1. The second kappa shape index (κ2) is 8.79. The van der Waals surface area contributed by atoms with Crippen LogP contribution in [0.15, 0.2) is 24.3 Å². The van der Waals surface area contributed by atoms with E-state index in [1.165, 1.54) is 6.07 Å². The lowest BCUT2D eigenvalue weighted by atomic mass is 10.1. The van der Waals surface area contributed by atoms with Crippen LogP contribution in [0.5, 0.6) is 5.75 Å². The smallest absolute Gasteiger partial charge is 0.387 e. The van der Waals surface area contributed by atoms with Gasteiger partial charge in [-0.3, -0.25) is 0 Å². The van der Waals surface area contributed by atoms with Crippen molar-refractivity contribution < 1.29 is 23.4 Å². The van der Waals surface area contributed by atoms with E-state index in [4.69, 9.17) is 9.84 Å². The van der Waals surface area contributed by atoms with Crippen molar-refractivity contribution >= 4 is 0 Å². The number of para-hydroxylation sites is 1. The quantitative estimate of drug-likeness (QED) is 0.676. The van der Waals surface area contributed by atoms with Gasteiger partial charge in [0.1, 0.15) is 5.75 Å². The molecule has 6 heteroatoms. The predicted octanol–water partition coefficient (Wildman–Crippen LogP) is 1.95. The van der Waals surface area contributed by atoms with Gasteiger partial charge in [-0.2, -0.15) is 8.78 Å². The average molecular weight is 275 g/mol. The van der Waals surface area contributed by atoms with Gasteiger partial charge in [-0.25, -0.2) is 0 Å². The number of hydrogen-bond donors (Lipinski definition) is 2. The number of aliphatic hydroxyl groups excluding tert-OH is 1. The van der Waals surface area contributed by atoms with Crippen LogP contribution in [0, 0.1) is 0 Å². The molecule has 2 N–H and O–H groups in total. The molecule has 108 valence electrons. The Bertz CT molecular complexity index is 363. The Balaban J connectivity index is 2.48. The molecule has 0 fully saturated rings. The van der Waals surface area contributed by atoms with Crippen molar-refractivity contribution in [3.05, 3.63) is 29.8 Å². The highest BCUT2D eigenvalue weighted by atomic mass is 19.3. The molecule has 0 aliphatic carbocycles. The molecule has 0 radical (unpaired) electrons. The third-order valence-electron chi connectivity index (χ3n) is 2.53. The summed E-state index contributed by atoms with van der Waals surface area (Å²) in [7, 11) is 0. The lowest BCUT2D eigenvalue weighted by molar-refractivity contribution is -0.0506. The molecular formula is C13H19F2NO3. The molecular weight excluding hydrogens is 256 g/mol. The van der Waals surface area contributed by atoms with Crippen molar-refractivity contribution in [2.45, 2.75) is 19.6 Å². The molecule has 0 aromatic heterocycles. The summed E-state index contributed by atoms with van der Waals surface area (Å²) in [5.41, 5.74) is 0.671. The van der Waals surface area contributed by atoms with Crippen molar-refractivity contribution in [3.63, 3.8) is 0 Å². The summed E-state index contributed by atoms with van der Waals surface area (Å²) in [4.78, 5) is 0. The van der Waals surface area contributed by atoms with E-state index >= 15 is 0 Å². The van der Waals surface area contributed by atoms with Crippen LogP contribution in [-0.4, -0.2) is 38.1 Å². The van der Waals surface area contributed by atoms with Gasteiger partial charge < -0.3 is 19.9 Å². The molecule has 0 amide bonds. The number of ether oxygens (including phenoxy) is 2. The molecule has 1 atom stereocenters.